The number of oxazole rings is 1. The number of aromatic nitrogens is 3. The lowest BCUT2D eigenvalue weighted by Gasteiger charge is -1.99. The summed E-state index contributed by atoms with van der Waals surface area (Å²) in [7, 11) is 1.60. The van der Waals surface area contributed by atoms with Crippen molar-refractivity contribution in [2.75, 3.05) is 7.11 Å². The molecule has 126 valence electrons. The normalized spacial score (nSPS) is 11.1. The zero-order valence-corrected chi connectivity index (χ0v) is 13.9. The fourth-order valence-electron chi connectivity index (χ4n) is 2.49. The molecule has 2 heterocycles. The summed E-state index contributed by atoms with van der Waals surface area (Å²) in [6.45, 7) is 0.108. The number of fused-ring (bicyclic) bond motifs is 1. The molecule has 25 heavy (non-hydrogen) atoms. The fraction of sp³-hybridized carbons (Fsp3) is 0.118. The Hall–Kier alpha value is -3.06. The van der Waals surface area contributed by atoms with Gasteiger partial charge in [0.15, 0.2) is 5.58 Å². The summed E-state index contributed by atoms with van der Waals surface area (Å²) in [5.41, 5.74) is 1.78. The Morgan fingerprint density at radius 1 is 1.12 bits per heavy atom. The van der Waals surface area contributed by atoms with Crippen molar-refractivity contribution in [3.63, 3.8) is 0 Å². The molecular weight excluding hydrogens is 346 g/mol. The van der Waals surface area contributed by atoms with E-state index < -0.39 is 5.76 Å². The molecular formula is C17H12ClN3O4. The summed E-state index contributed by atoms with van der Waals surface area (Å²) in [4.78, 5) is 12.1. The molecule has 0 unspecified atom stereocenters. The van der Waals surface area contributed by atoms with Crippen LogP contribution < -0.4 is 10.5 Å². The molecule has 0 fully saturated rings. The Balaban J connectivity index is 1.65. The second-order valence-electron chi connectivity index (χ2n) is 5.30. The Morgan fingerprint density at radius 2 is 1.92 bits per heavy atom. The van der Waals surface area contributed by atoms with Gasteiger partial charge in [-0.3, -0.25) is 4.57 Å². The van der Waals surface area contributed by atoms with Gasteiger partial charge in [-0.25, -0.2) is 4.79 Å². The number of hydrogen-bond donors (Lipinski definition) is 0. The van der Waals surface area contributed by atoms with Gasteiger partial charge in [-0.15, -0.1) is 10.2 Å². The molecule has 2 aromatic carbocycles. The van der Waals surface area contributed by atoms with Gasteiger partial charge < -0.3 is 13.6 Å². The second kappa shape index (κ2) is 6.10. The molecule has 4 rings (SSSR count). The van der Waals surface area contributed by atoms with Crippen molar-refractivity contribution in [3.05, 3.63) is 63.9 Å². The molecule has 4 aromatic rings. The first-order valence-corrected chi connectivity index (χ1v) is 7.77. The number of halogens is 1. The van der Waals surface area contributed by atoms with Gasteiger partial charge in [0.1, 0.15) is 12.3 Å². The minimum Gasteiger partial charge on any atom is -0.497 e. The highest BCUT2D eigenvalue weighted by atomic mass is 35.5. The lowest BCUT2D eigenvalue weighted by Crippen LogP contribution is -2.15. The number of hydrogen-bond acceptors (Lipinski definition) is 6. The molecule has 0 saturated carbocycles. The first-order chi connectivity index (χ1) is 12.1. The van der Waals surface area contributed by atoms with Crippen LogP contribution in [0.15, 0.2) is 56.1 Å². The third-order valence-corrected chi connectivity index (χ3v) is 3.96. The highest BCUT2D eigenvalue weighted by Crippen LogP contribution is 2.22. The molecule has 8 heteroatoms. The summed E-state index contributed by atoms with van der Waals surface area (Å²) in [6.07, 6.45) is 0. The summed E-state index contributed by atoms with van der Waals surface area (Å²) in [5, 5.41) is 8.52. The summed E-state index contributed by atoms with van der Waals surface area (Å²) < 4.78 is 17.4. The summed E-state index contributed by atoms with van der Waals surface area (Å²) in [6, 6.07) is 12.2. The number of ether oxygens (including phenoxy) is 1. The molecule has 0 radical (unpaired) electrons. The lowest BCUT2D eigenvalue weighted by molar-refractivity contribution is 0.414. The van der Waals surface area contributed by atoms with E-state index in [4.69, 9.17) is 25.2 Å². The van der Waals surface area contributed by atoms with Crippen molar-refractivity contribution in [1.29, 1.82) is 0 Å². The van der Waals surface area contributed by atoms with Crippen LogP contribution in [-0.2, 0) is 6.54 Å². The van der Waals surface area contributed by atoms with E-state index in [1.165, 1.54) is 4.57 Å². The van der Waals surface area contributed by atoms with Crippen LogP contribution in [0.4, 0.5) is 0 Å². The molecule has 0 bridgehead atoms. The molecule has 0 aliphatic rings. The topological polar surface area (TPSA) is 83.3 Å². The molecule has 2 aromatic heterocycles. The Morgan fingerprint density at radius 3 is 2.68 bits per heavy atom. The van der Waals surface area contributed by atoms with E-state index >= 15 is 0 Å². The molecule has 0 atom stereocenters. The number of benzene rings is 2. The van der Waals surface area contributed by atoms with Crippen LogP contribution in [0.3, 0.4) is 0 Å². The highest BCUT2D eigenvalue weighted by Gasteiger charge is 2.14. The Bertz CT molecular complexity index is 1100. The molecule has 0 aliphatic heterocycles. The van der Waals surface area contributed by atoms with Crippen LogP contribution in [0, 0.1) is 0 Å². The summed E-state index contributed by atoms with van der Waals surface area (Å²) in [5.74, 6) is 0.882. The predicted octanol–water partition coefficient (Wildman–Crippen LogP) is 3.35. The molecule has 0 spiro atoms. The van der Waals surface area contributed by atoms with E-state index in [0.717, 1.165) is 11.3 Å². The van der Waals surface area contributed by atoms with E-state index in [0.29, 0.717) is 27.9 Å². The largest absolute Gasteiger partial charge is 0.497 e. The van der Waals surface area contributed by atoms with Gasteiger partial charge in [0.2, 0.25) is 11.8 Å². The van der Waals surface area contributed by atoms with Gasteiger partial charge in [0.25, 0.3) is 0 Å². The van der Waals surface area contributed by atoms with E-state index in [1.807, 2.05) is 12.1 Å². The molecule has 0 amide bonds. The lowest BCUT2D eigenvalue weighted by atomic mass is 10.2. The van der Waals surface area contributed by atoms with E-state index in [9.17, 15) is 4.79 Å². The van der Waals surface area contributed by atoms with Gasteiger partial charge in [0.05, 0.1) is 12.6 Å². The van der Waals surface area contributed by atoms with Crippen molar-refractivity contribution >= 4 is 22.7 Å². The number of nitrogens with zero attached hydrogens (tertiary/aromatic N) is 3. The Labute approximate surface area is 146 Å². The molecule has 0 aliphatic carbocycles. The third kappa shape index (κ3) is 2.89. The van der Waals surface area contributed by atoms with Crippen LogP contribution in [0.5, 0.6) is 5.75 Å². The van der Waals surface area contributed by atoms with E-state index in [1.54, 1.807) is 37.4 Å². The minimum atomic E-state index is -0.513. The summed E-state index contributed by atoms with van der Waals surface area (Å²) >= 11 is 5.91. The maximum atomic E-state index is 12.1. The zero-order chi connectivity index (χ0) is 17.4. The predicted molar refractivity (Wildman–Crippen MR) is 90.9 cm³/mol. The highest BCUT2D eigenvalue weighted by molar-refractivity contribution is 6.31. The maximum absolute atomic E-state index is 12.1. The molecule has 7 nitrogen and oxygen atoms in total. The van der Waals surface area contributed by atoms with Gasteiger partial charge in [-0.2, -0.15) is 0 Å². The van der Waals surface area contributed by atoms with Crippen LogP contribution in [0.25, 0.3) is 22.6 Å². The van der Waals surface area contributed by atoms with Crippen molar-refractivity contribution < 1.29 is 13.6 Å². The van der Waals surface area contributed by atoms with Crippen molar-refractivity contribution in [1.82, 2.24) is 14.8 Å². The quantitative estimate of drug-likeness (QED) is 0.557. The monoisotopic (exact) mass is 357 g/mol. The van der Waals surface area contributed by atoms with Gasteiger partial charge >= 0.3 is 5.76 Å². The van der Waals surface area contributed by atoms with E-state index in [2.05, 4.69) is 10.2 Å². The molecule has 0 saturated heterocycles. The van der Waals surface area contributed by atoms with Crippen molar-refractivity contribution in [2.45, 2.75) is 6.54 Å². The van der Waals surface area contributed by atoms with Crippen LogP contribution >= 0.6 is 11.6 Å². The minimum absolute atomic E-state index is 0.108. The van der Waals surface area contributed by atoms with Crippen LogP contribution in [0.1, 0.15) is 5.89 Å². The zero-order valence-electron chi connectivity index (χ0n) is 13.1. The fourth-order valence-corrected chi connectivity index (χ4v) is 2.66. The maximum Gasteiger partial charge on any atom is 0.420 e. The number of methoxy groups -OCH3 is 1. The Kier molecular flexibility index (Phi) is 3.77. The third-order valence-electron chi connectivity index (χ3n) is 3.73. The van der Waals surface area contributed by atoms with Crippen molar-refractivity contribution in [3.8, 4) is 17.2 Å². The van der Waals surface area contributed by atoms with Crippen LogP contribution in [0.2, 0.25) is 5.02 Å². The molecule has 0 N–H and O–H groups in total. The first kappa shape index (κ1) is 15.5. The average Bonchev–Trinajstić information content (AvgIpc) is 3.20. The number of rotatable bonds is 4. The smallest absolute Gasteiger partial charge is 0.420 e. The average molecular weight is 358 g/mol. The standard InChI is InChI=1S/C17H12ClN3O4/c1-23-12-5-2-10(3-6-12)16-20-19-15(25-16)9-21-13-7-4-11(18)8-14(13)24-17(21)22/h2-8H,9H2,1H3. The van der Waals surface area contributed by atoms with E-state index in [-0.39, 0.29) is 6.54 Å². The van der Waals surface area contributed by atoms with Crippen LogP contribution in [-0.4, -0.2) is 21.9 Å². The SMILES string of the molecule is COc1ccc(-c2nnc(Cn3c(=O)oc4cc(Cl)ccc43)o2)cc1. The second-order valence-corrected chi connectivity index (χ2v) is 5.73. The van der Waals surface area contributed by atoms with Gasteiger partial charge in [-0.1, -0.05) is 11.6 Å². The van der Waals surface area contributed by atoms with Gasteiger partial charge in [-0.05, 0) is 36.4 Å². The van der Waals surface area contributed by atoms with Gasteiger partial charge in [0, 0.05) is 16.7 Å². The first-order valence-electron chi connectivity index (χ1n) is 7.40. The van der Waals surface area contributed by atoms with Crippen molar-refractivity contribution in [2.24, 2.45) is 0 Å².